The number of aliphatic hydroxyl groups is 1. The van der Waals surface area contributed by atoms with Gasteiger partial charge in [-0.15, -0.1) is 11.3 Å². The molecule has 0 bridgehead atoms. The van der Waals surface area contributed by atoms with Crippen molar-refractivity contribution in [1.29, 1.82) is 5.26 Å². The summed E-state index contributed by atoms with van der Waals surface area (Å²) in [4.78, 5) is 20.8. The van der Waals surface area contributed by atoms with E-state index >= 15 is 0 Å². The van der Waals surface area contributed by atoms with Crippen LogP contribution in [0, 0.1) is 18.3 Å². The highest BCUT2D eigenvalue weighted by atomic mass is 32.1. The van der Waals surface area contributed by atoms with Crippen molar-refractivity contribution in [1.82, 2.24) is 15.3 Å². The molecule has 2 aromatic heterocycles. The van der Waals surface area contributed by atoms with Crippen molar-refractivity contribution in [3.63, 3.8) is 0 Å². The number of carbonyl (C=O) groups excluding carboxylic acids is 1. The van der Waals surface area contributed by atoms with Gasteiger partial charge in [-0.1, -0.05) is 30.3 Å². The number of aliphatic hydroxyl groups excluding tert-OH is 1. The minimum absolute atomic E-state index is 0.0376. The second-order valence-corrected chi connectivity index (χ2v) is 7.00. The number of rotatable bonds is 6. The van der Waals surface area contributed by atoms with Crippen LogP contribution < -0.4 is 5.32 Å². The molecule has 0 fully saturated rings. The van der Waals surface area contributed by atoms with E-state index in [-0.39, 0.29) is 30.4 Å². The number of amides is 1. The van der Waals surface area contributed by atoms with Gasteiger partial charge in [0, 0.05) is 17.1 Å². The average Bonchev–Trinajstić information content (AvgIpc) is 3.16. The summed E-state index contributed by atoms with van der Waals surface area (Å²) in [5.41, 5.74) is 2.37. The number of aromatic hydroxyl groups is 1. The molecule has 0 spiro atoms. The van der Waals surface area contributed by atoms with E-state index in [0.717, 1.165) is 5.56 Å². The van der Waals surface area contributed by atoms with Crippen LogP contribution in [0.1, 0.15) is 28.4 Å². The minimum atomic E-state index is -0.487. The molecule has 3 N–H and O–H groups in total. The molecule has 7 nitrogen and oxygen atoms in total. The Kier molecular flexibility index (Phi) is 5.99. The molecule has 0 aliphatic heterocycles. The fraction of sp³-hybridized carbons (Fsp3) is 0.200. The highest BCUT2D eigenvalue weighted by Crippen LogP contribution is 2.33. The van der Waals surface area contributed by atoms with Crippen LogP contribution in [0.5, 0.6) is 5.75 Å². The molecule has 28 heavy (non-hydrogen) atoms. The Morgan fingerprint density at radius 2 is 2.11 bits per heavy atom. The van der Waals surface area contributed by atoms with Crippen molar-refractivity contribution in [2.45, 2.75) is 19.4 Å². The standard InChI is InChI=1S/C20H18N4O3S/c1-12-14(8-21)9-22-18(19(12)27)20-23-15(11-28-20)7-17(26)24-16(10-25)13-5-3-2-4-6-13/h2-6,9,11,16,25,27H,7,10H2,1H3,(H,24,26)/t16-/m0/s1. The van der Waals surface area contributed by atoms with E-state index < -0.39 is 6.04 Å². The number of benzene rings is 1. The van der Waals surface area contributed by atoms with Gasteiger partial charge in [0.25, 0.3) is 0 Å². The summed E-state index contributed by atoms with van der Waals surface area (Å²) in [6, 6.07) is 10.7. The van der Waals surface area contributed by atoms with Gasteiger partial charge in [-0.05, 0) is 12.5 Å². The molecule has 0 saturated heterocycles. The van der Waals surface area contributed by atoms with E-state index in [1.165, 1.54) is 17.5 Å². The monoisotopic (exact) mass is 394 g/mol. The smallest absolute Gasteiger partial charge is 0.226 e. The number of pyridine rings is 1. The number of hydrogen-bond acceptors (Lipinski definition) is 7. The predicted molar refractivity (Wildman–Crippen MR) is 105 cm³/mol. The van der Waals surface area contributed by atoms with Crippen molar-refractivity contribution in [3.05, 3.63) is 64.3 Å². The predicted octanol–water partition coefficient (Wildman–Crippen LogP) is 2.48. The molecular weight excluding hydrogens is 376 g/mol. The van der Waals surface area contributed by atoms with Gasteiger partial charge in [-0.25, -0.2) is 9.97 Å². The van der Waals surface area contributed by atoms with Gasteiger partial charge in [0.1, 0.15) is 22.5 Å². The lowest BCUT2D eigenvalue weighted by atomic mass is 10.1. The van der Waals surface area contributed by atoms with Crippen molar-refractivity contribution in [2.75, 3.05) is 6.61 Å². The first-order chi connectivity index (χ1) is 13.5. The third-order valence-electron chi connectivity index (χ3n) is 4.24. The number of thiazole rings is 1. The van der Waals surface area contributed by atoms with Crippen molar-refractivity contribution >= 4 is 17.2 Å². The number of carbonyl (C=O) groups is 1. The third-order valence-corrected chi connectivity index (χ3v) is 5.14. The molecule has 0 unspecified atom stereocenters. The highest BCUT2D eigenvalue weighted by molar-refractivity contribution is 7.13. The van der Waals surface area contributed by atoms with E-state index in [4.69, 9.17) is 5.26 Å². The number of hydrogen-bond donors (Lipinski definition) is 3. The van der Waals surface area contributed by atoms with Gasteiger partial charge < -0.3 is 15.5 Å². The summed E-state index contributed by atoms with van der Waals surface area (Å²) < 4.78 is 0. The second kappa shape index (κ2) is 8.61. The quantitative estimate of drug-likeness (QED) is 0.591. The maximum Gasteiger partial charge on any atom is 0.226 e. The molecule has 1 aromatic carbocycles. The fourth-order valence-electron chi connectivity index (χ4n) is 2.69. The Bertz CT molecular complexity index is 1030. The van der Waals surface area contributed by atoms with Crippen LogP contribution in [0.4, 0.5) is 0 Å². The van der Waals surface area contributed by atoms with Gasteiger partial charge in [0.15, 0.2) is 0 Å². The number of nitriles is 1. The van der Waals surface area contributed by atoms with E-state index in [1.54, 1.807) is 12.3 Å². The topological polar surface area (TPSA) is 119 Å². The lowest BCUT2D eigenvalue weighted by Gasteiger charge is -2.16. The first-order valence-corrected chi connectivity index (χ1v) is 9.40. The summed E-state index contributed by atoms with van der Waals surface area (Å²) >= 11 is 1.26. The molecule has 8 heteroatoms. The Labute approximate surface area is 166 Å². The Morgan fingerprint density at radius 1 is 1.36 bits per heavy atom. The maximum absolute atomic E-state index is 12.3. The lowest BCUT2D eigenvalue weighted by Crippen LogP contribution is -2.32. The largest absolute Gasteiger partial charge is 0.505 e. The molecule has 2 heterocycles. The summed E-state index contributed by atoms with van der Waals surface area (Å²) in [6.45, 7) is 1.43. The van der Waals surface area contributed by atoms with E-state index in [2.05, 4.69) is 15.3 Å². The van der Waals surface area contributed by atoms with Crippen LogP contribution in [0.25, 0.3) is 10.7 Å². The van der Waals surface area contributed by atoms with Gasteiger partial charge in [0.05, 0.1) is 30.3 Å². The van der Waals surface area contributed by atoms with Crippen LogP contribution in [0.15, 0.2) is 41.9 Å². The van der Waals surface area contributed by atoms with E-state index in [1.807, 2.05) is 36.4 Å². The second-order valence-electron chi connectivity index (χ2n) is 6.14. The normalized spacial score (nSPS) is 11.6. The minimum Gasteiger partial charge on any atom is -0.505 e. The van der Waals surface area contributed by atoms with Gasteiger partial charge in [0.2, 0.25) is 5.91 Å². The van der Waals surface area contributed by atoms with E-state index in [9.17, 15) is 15.0 Å². The van der Waals surface area contributed by atoms with Gasteiger partial charge in [-0.2, -0.15) is 5.26 Å². The van der Waals surface area contributed by atoms with Gasteiger partial charge >= 0.3 is 0 Å². The molecule has 0 aliphatic rings. The van der Waals surface area contributed by atoms with Gasteiger partial charge in [-0.3, -0.25) is 4.79 Å². The number of nitrogens with zero attached hydrogens (tertiary/aromatic N) is 3. The zero-order valence-corrected chi connectivity index (χ0v) is 15.9. The lowest BCUT2D eigenvalue weighted by molar-refractivity contribution is -0.121. The molecule has 0 aliphatic carbocycles. The molecule has 142 valence electrons. The molecule has 1 amide bonds. The summed E-state index contributed by atoms with van der Waals surface area (Å²) in [6.07, 6.45) is 1.43. The summed E-state index contributed by atoms with van der Waals surface area (Å²) in [5.74, 6) is -0.359. The third kappa shape index (κ3) is 4.17. The number of nitrogens with one attached hydrogen (secondary N) is 1. The maximum atomic E-state index is 12.3. The summed E-state index contributed by atoms with van der Waals surface area (Å²) in [7, 11) is 0. The van der Waals surface area contributed by atoms with Crippen LogP contribution >= 0.6 is 11.3 Å². The Balaban J connectivity index is 1.72. The highest BCUT2D eigenvalue weighted by Gasteiger charge is 2.18. The molecular formula is C20H18N4O3S. The first-order valence-electron chi connectivity index (χ1n) is 8.52. The van der Waals surface area contributed by atoms with Crippen LogP contribution in [-0.2, 0) is 11.2 Å². The van der Waals surface area contributed by atoms with Crippen LogP contribution in [0.3, 0.4) is 0 Å². The van der Waals surface area contributed by atoms with Crippen molar-refractivity contribution in [3.8, 4) is 22.5 Å². The Hall–Kier alpha value is -3.28. The number of aromatic nitrogens is 2. The molecule has 0 radical (unpaired) electrons. The SMILES string of the molecule is Cc1c(C#N)cnc(-c2nc(CC(=O)N[C@@H](CO)c3ccccc3)cs2)c1O. The molecule has 0 saturated carbocycles. The van der Waals surface area contributed by atoms with E-state index in [0.29, 0.717) is 21.8 Å². The first kappa shape index (κ1) is 19.5. The van der Waals surface area contributed by atoms with Crippen LogP contribution in [0.2, 0.25) is 0 Å². The summed E-state index contributed by atoms with van der Waals surface area (Å²) in [5, 5.41) is 33.8. The average molecular weight is 394 g/mol. The molecule has 3 rings (SSSR count). The zero-order chi connectivity index (χ0) is 20.1. The molecule has 1 atom stereocenters. The fourth-order valence-corrected chi connectivity index (χ4v) is 3.50. The molecule has 3 aromatic rings. The van der Waals surface area contributed by atoms with Crippen molar-refractivity contribution < 1.29 is 15.0 Å². The van der Waals surface area contributed by atoms with Crippen LogP contribution in [-0.4, -0.2) is 32.7 Å². The zero-order valence-electron chi connectivity index (χ0n) is 15.1. The van der Waals surface area contributed by atoms with Crippen molar-refractivity contribution in [2.24, 2.45) is 0 Å². The Morgan fingerprint density at radius 3 is 2.79 bits per heavy atom.